The molecule has 1 unspecified atom stereocenters. The van der Waals surface area contributed by atoms with Crippen LogP contribution in [0.4, 0.5) is 0 Å². The van der Waals surface area contributed by atoms with Crippen LogP contribution >= 0.6 is 0 Å². The minimum Gasteiger partial charge on any atom is -0.465 e. The summed E-state index contributed by atoms with van der Waals surface area (Å²) in [5.74, 6) is -0.830. The molecule has 0 bridgehead atoms. The van der Waals surface area contributed by atoms with Crippen molar-refractivity contribution in [1.82, 2.24) is 10.3 Å². The second kappa shape index (κ2) is 4.91. The van der Waals surface area contributed by atoms with Gasteiger partial charge in [0.05, 0.1) is 6.61 Å². The lowest BCUT2D eigenvalue weighted by Crippen LogP contribution is -2.48. The highest BCUT2D eigenvalue weighted by atomic mass is 16.5. The molecule has 0 saturated heterocycles. The molecule has 1 aromatic heterocycles. The molecule has 0 radical (unpaired) electrons. The van der Waals surface area contributed by atoms with Gasteiger partial charge in [0, 0.05) is 23.1 Å². The van der Waals surface area contributed by atoms with Crippen LogP contribution in [0.1, 0.15) is 25.1 Å². The van der Waals surface area contributed by atoms with E-state index >= 15 is 0 Å². The Hall–Kier alpha value is -2.30. The number of ether oxygens (including phenoxy) is 1. The maximum atomic E-state index is 12.5. The van der Waals surface area contributed by atoms with E-state index < -0.39 is 11.4 Å². The zero-order valence-electron chi connectivity index (χ0n) is 12.2. The average Bonchev–Trinajstić information content (AvgIpc) is 2.80. The van der Waals surface area contributed by atoms with E-state index in [0.29, 0.717) is 18.7 Å². The number of H-pyrrole nitrogens is 1. The van der Waals surface area contributed by atoms with Crippen molar-refractivity contribution in [2.24, 2.45) is 0 Å². The Morgan fingerprint density at radius 1 is 1.38 bits per heavy atom. The van der Waals surface area contributed by atoms with Crippen molar-refractivity contribution in [3.05, 3.63) is 35.5 Å². The fraction of sp³-hybridized carbons (Fsp3) is 0.375. The number of carbonyl (C=O) groups excluding carboxylic acids is 2. The predicted octanol–water partition coefficient (Wildman–Crippen LogP) is 1.66. The summed E-state index contributed by atoms with van der Waals surface area (Å²) in [5, 5.41) is 3.87. The maximum Gasteiger partial charge on any atom is 0.327 e. The standard InChI is InChI=1S/C16H18N2O3/c1-3-21-15(20)16(2)13-11(8-9-17-14(16)19)10-6-4-5-7-12(10)18-13/h4-7,18H,3,8-9H2,1-2H3,(H,17,19). The molecular weight excluding hydrogens is 268 g/mol. The molecule has 21 heavy (non-hydrogen) atoms. The number of aromatic nitrogens is 1. The number of benzene rings is 1. The van der Waals surface area contributed by atoms with Crippen LogP contribution < -0.4 is 5.32 Å². The predicted molar refractivity (Wildman–Crippen MR) is 79.0 cm³/mol. The SMILES string of the molecule is CCOC(=O)C1(C)C(=O)NCCc2c1[nH]c1ccccc21. The minimum atomic E-state index is -1.33. The summed E-state index contributed by atoms with van der Waals surface area (Å²) in [5.41, 5.74) is 1.27. The van der Waals surface area contributed by atoms with Crippen molar-refractivity contribution in [1.29, 1.82) is 0 Å². The fourth-order valence-electron chi connectivity index (χ4n) is 2.95. The first-order valence-electron chi connectivity index (χ1n) is 7.14. The van der Waals surface area contributed by atoms with Crippen LogP contribution in [-0.4, -0.2) is 30.0 Å². The number of para-hydroxylation sites is 1. The van der Waals surface area contributed by atoms with Gasteiger partial charge in [0.15, 0.2) is 5.41 Å². The quantitative estimate of drug-likeness (QED) is 0.651. The highest BCUT2D eigenvalue weighted by molar-refractivity contribution is 6.09. The molecule has 0 spiro atoms. The maximum absolute atomic E-state index is 12.5. The van der Waals surface area contributed by atoms with Gasteiger partial charge >= 0.3 is 5.97 Å². The molecule has 1 atom stereocenters. The Bertz CT molecular complexity index is 719. The van der Waals surface area contributed by atoms with Crippen LogP contribution in [0.2, 0.25) is 0 Å². The van der Waals surface area contributed by atoms with E-state index in [4.69, 9.17) is 4.74 Å². The van der Waals surface area contributed by atoms with Gasteiger partial charge in [-0.05, 0) is 31.9 Å². The third kappa shape index (κ3) is 1.92. The fourth-order valence-corrected chi connectivity index (χ4v) is 2.95. The number of hydrogen-bond acceptors (Lipinski definition) is 3. The van der Waals surface area contributed by atoms with Gasteiger partial charge in [-0.15, -0.1) is 0 Å². The van der Waals surface area contributed by atoms with E-state index in [-0.39, 0.29) is 12.5 Å². The Kier molecular flexibility index (Phi) is 3.20. The Balaban J connectivity index is 2.25. The molecule has 2 aromatic rings. The number of esters is 1. The molecular formula is C16H18N2O3. The number of rotatable bonds is 2. The van der Waals surface area contributed by atoms with Gasteiger partial charge < -0.3 is 15.0 Å². The van der Waals surface area contributed by atoms with E-state index in [1.54, 1.807) is 13.8 Å². The molecule has 0 saturated carbocycles. The highest BCUT2D eigenvalue weighted by Crippen LogP contribution is 2.35. The number of hydrogen-bond donors (Lipinski definition) is 2. The van der Waals surface area contributed by atoms with E-state index in [9.17, 15) is 9.59 Å². The Morgan fingerprint density at radius 2 is 2.14 bits per heavy atom. The van der Waals surface area contributed by atoms with E-state index in [1.807, 2.05) is 24.3 Å². The monoisotopic (exact) mass is 286 g/mol. The van der Waals surface area contributed by atoms with Gasteiger partial charge in [-0.1, -0.05) is 18.2 Å². The molecule has 2 heterocycles. The van der Waals surface area contributed by atoms with Crippen LogP contribution in [-0.2, 0) is 26.2 Å². The van der Waals surface area contributed by atoms with Gasteiger partial charge in [-0.3, -0.25) is 9.59 Å². The van der Waals surface area contributed by atoms with Crippen LogP contribution in [0.25, 0.3) is 10.9 Å². The smallest absolute Gasteiger partial charge is 0.327 e. The molecule has 0 aliphatic carbocycles. The van der Waals surface area contributed by atoms with Crippen LogP contribution in [0, 0.1) is 0 Å². The molecule has 1 aliphatic rings. The van der Waals surface area contributed by atoms with Crippen LogP contribution in [0.3, 0.4) is 0 Å². The summed E-state index contributed by atoms with van der Waals surface area (Å²) < 4.78 is 5.14. The lowest BCUT2D eigenvalue weighted by Gasteiger charge is -2.24. The molecule has 0 fully saturated rings. The molecule has 1 aliphatic heterocycles. The minimum absolute atomic E-state index is 0.247. The molecule has 5 heteroatoms. The zero-order chi connectivity index (χ0) is 15.0. The lowest BCUT2D eigenvalue weighted by atomic mass is 9.83. The van der Waals surface area contributed by atoms with Gasteiger partial charge in [0.25, 0.3) is 0 Å². The summed E-state index contributed by atoms with van der Waals surface area (Å²) in [6.45, 7) is 4.13. The summed E-state index contributed by atoms with van der Waals surface area (Å²) in [4.78, 5) is 28.1. The topological polar surface area (TPSA) is 71.2 Å². The third-order valence-electron chi connectivity index (χ3n) is 4.11. The molecule has 110 valence electrons. The van der Waals surface area contributed by atoms with E-state index in [2.05, 4.69) is 10.3 Å². The number of nitrogens with one attached hydrogen (secondary N) is 2. The first kappa shape index (κ1) is 13.7. The van der Waals surface area contributed by atoms with E-state index in [1.165, 1.54) is 0 Å². The Labute approximate surface area is 122 Å². The van der Waals surface area contributed by atoms with Gasteiger partial charge in [-0.2, -0.15) is 0 Å². The summed E-state index contributed by atoms with van der Waals surface area (Å²) in [7, 11) is 0. The number of amides is 1. The van der Waals surface area contributed by atoms with Crippen molar-refractivity contribution in [3.8, 4) is 0 Å². The highest BCUT2D eigenvalue weighted by Gasteiger charge is 2.48. The van der Waals surface area contributed by atoms with Crippen LogP contribution in [0.5, 0.6) is 0 Å². The molecule has 1 amide bonds. The Morgan fingerprint density at radius 3 is 2.90 bits per heavy atom. The molecule has 5 nitrogen and oxygen atoms in total. The third-order valence-corrected chi connectivity index (χ3v) is 4.11. The van der Waals surface area contributed by atoms with Crippen molar-refractivity contribution in [2.45, 2.75) is 25.7 Å². The average molecular weight is 286 g/mol. The first-order valence-corrected chi connectivity index (χ1v) is 7.14. The molecule has 3 rings (SSSR count). The number of aromatic amines is 1. The van der Waals surface area contributed by atoms with Crippen molar-refractivity contribution in [2.75, 3.05) is 13.2 Å². The van der Waals surface area contributed by atoms with Crippen molar-refractivity contribution < 1.29 is 14.3 Å². The molecule has 1 aromatic carbocycles. The van der Waals surface area contributed by atoms with Gasteiger partial charge in [0.2, 0.25) is 5.91 Å². The van der Waals surface area contributed by atoms with Crippen molar-refractivity contribution in [3.63, 3.8) is 0 Å². The summed E-state index contributed by atoms with van der Waals surface area (Å²) >= 11 is 0. The normalized spacial score (nSPS) is 21.5. The second-order valence-corrected chi connectivity index (χ2v) is 5.38. The second-order valence-electron chi connectivity index (χ2n) is 5.38. The lowest BCUT2D eigenvalue weighted by molar-refractivity contribution is -0.154. The summed E-state index contributed by atoms with van der Waals surface area (Å²) in [6.07, 6.45) is 0.695. The van der Waals surface area contributed by atoms with Gasteiger partial charge in [0.1, 0.15) is 0 Å². The van der Waals surface area contributed by atoms with Crippen molar-refractivity contribution >= 4 is 22.8 Å². The van der Waals surface area contributed by atoms with Gasteiger partial charge in [-0.25, -0.2) is 0 Å². The molecule has 2 N–H and O–H groups in total. The first-order chi connectivity index (χ1) is 10.1. The number of carbonyl (C=O) groups is 2. The van der Waals surface area contributed by atoms with Crippen LogP contribution in [0.15, 0.2) is 24.3 Å². The van der Waals surface area contributed by atoms with E-state index in [0.717, 1.165) is 16.5 Å². The summed E-state index contributed by atoms with van der Waals surface area (Å²) in [6, 6.07) is 7.84. The number of fused-ring (bicyclic) bond motifs is 3. The zero-order valence-corrected chi connectivity index (χ0v) is 12.2. The largest absolute Gasteiger partial charge is 0.465 e.